The van der Waals surface area contributed by atoms with E-state index >= 15 is 0 Å². The van der Waals surface area contributed by atoms with Crippen molar-refractivity contribution in [1.29, 1.82) is 0 Å². The van der Waals surface area contributed by atoms with E-state index in [4.69, 9.17) is 21.1 Å². The zero-order valence-electron chi connectivity index (χ0n) is 10.6. The van der Waals surface area contributed by atoms with E-state index in [0.717, 1.165) is 4.88 Å². The second-order valence-electron chi connectivity index (χ2n) is 3.88. The summed E-state index contributed by atoms with van der Waals surface area (Å²) in [6, 6.07) is 8.82. The van der Waals surface area contributed by atoms with Crippen molar-refractivity contribution in [1.82, 2.24) is 0 Å². The summed E-state index contributed by atoms with van der Waals surface area (Å²) < 4.78 is 11.0. The lowest BCUT2D eigenvalue weighted by atomic mass is 10.1. The summed E-state index contributed by atoms with van der Waals surface area (Å²) in [4.78, 5) is 13.1. The summed E-state index contributed by atoms with van der Waals surface area (Å²) in [6.07, 6.45) is 0.340. The third kappa shape index (κ3) is 3.28. The number of carbonyl (C=O) groups is 1. The van der Waals surface area contributed by atoms with Crippen molar-refractivity contribution in [3.05, 3.63) is 45.1 Å². The average Bonchev–Trinajstić information content (AvgIpc) is 2.83. The monoisotopic (exact) mass is 296 g/mol. The van der Waals surface area contributed by atoms with Gasteiger partial charge in [-0.25, -0.2) is 0 Å². The lowest BCUT2D eigenvalue weighted by Gasteiger charge is -2.08. The molecule has 1 aromatic heterocycles. The van der Waals surface area contributed by atoms with E-state index in [1.54, 1.807) is 38.5 Å². The molecule has 0 fully saturated rings. The second-order valence-corrected chi connectivity index (χ2v) is 5.68. The number of ketones is 1. The predicted octanol–water partition coefficient (Wildman–Crippen LogP) is 3.84. The number of hydrogen-bond acceptors (Lipinski definition) is 4. The van der Waals surface area contributed by atoms with Crippen molar-refractivity contribution in [2.24, 2.45) is 0 Å². The van der Waals surface area contributed by atoms with Crippen LogP contribution in [0.4, 0.5) is 0 Å². The predicted molar refractivity (Wildman–Crippen MR) is 76.9 cm³/mol. The maximum atomic E-state index is 12.2. The number of Topliss-reactive ketones (excluding diaryl/α,β-unsaturated/α-hetero) is 1. The SMILES string of the molecule is COc1ccc(C(=O)Cc2ccc(Cl)s2)cc1OC. The fourth-order valence-corrected chi connectivity index (χ4v) is 2.80. The minimum atomic E-state index is 0.0273. The molecule has 19 heavy (non-hydrogen) atoms. The molecule has 0 saturated heterocycles. The van der Waals surface area contributed by atoms with Crippen LogP contribution >= 0.6 is 22.9 Å². The molecule has 100 valence electrons. The molecule has 0 amide bonds. The number of benzene rings is 1. The molecule has 0 aliphatic carbocycles. The molecule has 2 aromatic rings. The molecule has 0 atom stereocenters. The zero-order valence-corrected chi connectivity index (χ0v) is 12.2. The van der Waals surface area contributed by atoms with Crippen LogP contribution in [0.25, 0.3) is 0 Å². The fourth-order valence-electron chi connectivity index (χ4n) is 1.72. The van der Waals surface area contributed by atoms with Gasteiger partial charge in [0.25, 0.3) is 0 Å². The minimum absolute atomic E-state index is 0.0273. The highest BCUT2D eigenvalue weighted by atomic mass is 35.5. The summed E-state index contributed by atoms with van der Waals surface area (Å²) >= 11 is 7.26. The van der Waals surface area contributed by atoms with Crippen LogP contribution in [-0.2, 0) is 6.42 Å². The Morgan fingerprint density at radius 1 is 1.16 bits per heavy atom. The normalized spacial score (nSPS) is 10.3. The first-order valence-corrected chi connectivity index (χ1v) is 6.83. The molecule has 0 spiro atoms. The van der Waals surface area contributed by atoms with E-state index < -0.39 is 0 Å². The third-order valence-electron chi connectivity index (χ3n) is 2.67. The summed E-state index contributed by atoms with van der Waals surface area (Å²) in [5.74, 6) is 1.19. The van der Waals surface area contributed by atoms with Crippen molar-refractivity contribution in [2.45, 2.75) is 6.42 Å². The van der Waals surface area contributed by atoms with Crippen molar-refractivity contribution < 1.29 is 14.3 Å². The first kappa shape index (κ1) is 13.9. The Kier molecular flexibility index (Phi) is 4.45. The number of methoxy groups -OCH3 is 2. The van der Waals surface area contributed by atoms with Gasteiger partial charge in [-0.05, 0) is 30.3 Å². The van der Waals surface area contributed by atoms with Gasteiger partial charge in [-0.2, -0.15) is 0 Å². The molecule has 0 N–H and O–H groups in total. The van der Waals surface area contributed by atoms with Gasteiger partial charge in [0.15, 0.2) is 17.3 Å². The number of carbonyl (C=O) groups excluding carboxylic acids is 1. The molecule has 0 radical (unpaired) electrons. The Bertz CT molecular complexity index is 592. The molecule has 1 heterocycles. The Labute approximate surface area is 120 Å². The smallest absolute Gasteiger partial charge is 0.168 e. The molecule has 0 aliphatic heterocycles. The first-order valence-electron chi connectivity index (χ1n) is 5.63. The van der Waals surface area contributed by atoms with Crippen LogP contribution in [0.2, 0.25) is 4.34 Å². The standard InChI is InChI=1S/C14H13ClO3S/c1-17-12-5-3-9(7-13(12)18-2)11(16)8-10-4-6-14(15)19-10/h3-7H,8H2,1-2H3. The highest BCUT2D eigenvalue weighted by molar-refractivity contribution is 7.16. The largest absolute Gasteiger partial charge is 0.493 e. The molecule has 0 bridgehead atoms. The quantitative estimate of drug-likeness (QED) is 0.786. The van der Waals surface area contributed by atoms with E-state index in [9.17, 15) is 4.79 Å². The third-order valence-corrected chi connectivity index (χ3v) is 3.90. The van der Waals surface area contributed by atoms with Crippen molar-refractivity contribution in [3.63, 3.8) is 0 Å². The fraction of sp³-hybridized carbons (Fsp3) is 0.214. The van der Waals surface area contributed by atoms with Crippen molar-refractivity contribution in [2.75, 3.05) is 14.2 Å². The zero-order chi connectivity index (χ0) is 13.8. The number of halogens is 1. The maximum absolute atomic E-state index is 12.2. The Balaban J connectivity index is 2.19. The molecule has 2 rings (SSSR count). The lowest BCUT2D eigenvalue weighted by molar-refractivity contribution is 0.0993. The number of thiophene rings is 1. The van der Waals surface area contributed by atoms with Gasteiger partial charge in [-0.1, -0.05) is 11.6 Å². The molecule has 1 aromatic carbocycles. The van der Waals surface area contributed by atoms with E-state index in [1.807, 2.05) is 6.07 Å². The van der Waals surface area contributed by atoms with Gasteiger partial charge >= 0.3 is 0 Å². The van der Waals surface area contributed by atoms with E-state index in [2.05, 4.69) is 0 Å². The lowest BCUT2D eigenvalue weighted by Crippen LogP contribution is -2.03. The summed E-state index contributed by atoms with van der Waals surface area (Å²) in [6.45, 7) is 0. The molecule has 0 aliphatic rings. The Morgan fingerprint density at radius 2 is 1.89 bits per heavy atom. The van der Waals surface area contributed by atoms with Gasteiger partial charge in [0, 0.05) is 16.9 Å². The van der Waals surface area contributed by atoms with Gasteiger partial charge in [0.05, 0.1) is 18.6 Å². The summed E-state index contributed by atoms with van der Waals surface area (Å²) in [5.41, 5.74) is 0.599. The van der Waals surface area contributed by atoms with E-state index in [1.165, 1.54) is 11.3 Å². The van der Waals surface area contributed by atoms with Crippen molar-refractivity contribution in [3.8, 4) is 11.5 Å². The van der Waals surface area contributed by atoms with Crippen LogP contribution < -0.4 is 9.47 Å². The molecule has 5 heteroatoms. The van der Waals surface area contributed by atoms with Crippen molar-refractivity contribution >= 4 is 28.7 Å². The highest BCUT2D eigenvalue weighted by Gasteiger charge is 2.12. The van der Waals surface area contributed by atoms with Gasteiger partial charge in [0.2, 0.25) is 0 Å². The van der Waals surface area contributed by atoms with Crippen LogP contribution in [0, 0.1) is 0 Å². The molecule has 0 unspecified atom stereocenters. The van der Waals surface area contributed by atoms with E-state index in [-0.39, 0.29) is 5.78 Å². The van der Waals surface area contributed by atoms with Crippen LogP contribution in [0.5, 0.6) is 11.5 Å². The van der Waals surface area contributed by atoms with Crippen LogP contribution in [0.1, 0.15) is 15.2 Å². The van der Waals surface area contributed by atoms with Gasteiger partial charge in [-0.3, -0.25) is 4.79 Å². The minimum Gasteiger partial charge on any atom is -0.493 e. The maximum Gasteiger partial charge on any atom is 0.168 e. The first-order chi connectivity index (χ1) is 9.13. The second kappa shape index (κ2) is 6.08. The van der Waals surface area contributed by atoms with Crippen LogP contribution in [-0.4, -0.2) is 20.0 Å². The van der Waals surface area contributed by atoms with Gasteiger partial charge in [-0.15, -0.1) is 11.3 Å². The van der Waals surface area contributed by atoms with Crippen LogP contribution in [0.3, 0.4) is 0 Å². The molecule has 3 nitrogen and oxygen atoms in total. The average molecular weight is 297 g/mol. The summed E-state index contributed by atoms with van der Waals surface area (Å²) in [7, 11) is 3.11. The van der Waals surface area contributed by atoms with Crippen LogP contribution in [0.15, 0.2) is 30.3 Å². The number of rotatable bonds is 5. The summed E-state index contributed by atoms with van der Waals surface area (Å²) in [5, 5.41) is 0. The van der Waals surface area contributed by atoms with Gasteiger partial charge < -0.3 is 9.47 Å². The molecular weight excluding hydrogens is 284 g/mol. The highest BCUT2D eigenvalue weighted by Crippen LogP contribution is 2.29. The van der Waals surface area contributed by atoms with Gasteiger partial charge in [0.1, 0.15) is 0 Å². The molecule has 0 saturated carbocycles. The number of hydrogen-bond donors (Lipinski definition) is 0. The Hall–Kier alpha value is -1.52. The topological polar surface area (TPSA) is 35.5 Å². The Morgan fingerprint density at radius 3 is 2.47 bits per heavy atom. The molecular formula is C14H13ClO3S. The number of ether oxygens (including phenoxy) is 2. The van der Waals surface area contributed by atoms with E-state index in [0.29, 0.717) is 27.8 Å².